The molecule has 1 amide bonds. The maximum Gasteiger partial charge on any atom is 0.277 e. The molecule has 0 saturated heterocycles. The molecule has 0 aliphatic rings. The highest BCUT2D eigenvalue weighted by Crippen LogP contribution is 2.31. The average Bonchev–Trinajstić information content (AvgIpc) is 3.41. The van der Waals surface area contributed by atoms with E-state index in [4.69, 9.17) is 0 Å². The van der Waals surface area contributed by atoms with Crippen molar-refractivity contribution in [2.45, 2.75) is 0 Å². The lowest BCUT2D eigenvalue weighted by Crippen LogP contribution is -2.13. The van der Waals surface area contributed by atoms with Gasteiger partial charge in [0.25, 0.3) is 11.6 Å². The van der Waals surface area contributed by atoms with Crippen LogP contribution in [0, 0.1) is 10.1 Å². The molecule has 2 heterocycles. The van der Waals surface area contributed by atoms with Gasteiger partial charge >= 0.3 is 0 Å². The fourth-order valence-electron chi connectivity index (χ4n) is 3.19. The molecule has 2 aromatic heterocycles. The quantitative estimate of drug-likeness (QED) is 0.336. The lowest BCUT2D eigenvalue weighted by molar-refractivity contribution is -0.384. The number of rotatable bonds is 4. The van der Waals surface area contributed by atoms with Crippen LogP contribution in [0.3, 0.4) is 0 Å². The van der Waals surface area contributed by atoms with Crippen LogP contribution in [0.25, 0.3) is 26.7 Å². The Morgan fingerprint density at radius 1 is 1.03 bits per heavy atom. The molecule has 8 nitrogen and oxygen atoms in total. The SMILES string of the molecule is O=C(Nc1nc2c(ccc3ccccc32)s1)c1ccn(-c2ccc([N+](=O)[O-])cc2)n1. The molecular formula is C21H13N5O3S. The van der Waals surface area contributed by atoms with E-state index in [1.165, 1.54) is 28.2 Å². The fourth-order valence-corrected chi connectivity index (χ4v) is 4.07. The minimum absolute atomic E-state index is 0.00719. The minimum atomic E-state index is -0.465. The summed E-state index contributed by atoms with van der Waals surface area (Å²) in [4.78, 5) is 27.5. The van der Waals surface area contributed by atoms with Crippen molar-refractivity contribution in [2.24, 2.45) is 0 Å². The monoisotopic (exact) mass is 415 g/mol. The number of nitrogens with zero attached hydrogens (tertiary/aromatic N) is 4. The normalized spacial score (nSPS) is 11.1. The number of nitrogens with one attached hydrogen (secondary N) is 1. The molecule has 0 unspecified atom stereocenters. The number of nitro groups is 1. The standard InChI is InChI=1S/C21H13N5O3S/c27-20(17-11-12-25(24-17)14-6-8-15(9-7-14)26(28)29)23-21-22-19-16-4-2-1-3-13(16)5-10-18(19)30-21/h1-12H,(H,22,23,27). The Kier molecular flexibility index (Phi) is 4.22. The van der Waals surface area contributed by atoms with Crippen LogP contribution in [0.15, 0.2) is 72.9 Å². The molecule has 0 aliphatic carbocycles. The van der Waals surface area contributed by atoms with Crippen molar-refractivity contribution in [2.75, 3.05) is 5.32 Å². The van der Waals surface area contributed by atoms with Gasteiger partial charge < -0.3 is 0 Å². The summed E-state index contributed by atoms with van der Waals surface area (Å²) in [6.45, 7) is 0. The molecule has 1 N–H and O–H groups in total. The highest BCUT2D eigenvalue weighted by atomic mass is 32.1. The zero-order chi connectivity index (χ0) is 20.7. The van der Waals surface area contributed by atoms with E-state index < -0.39 is 4.92 Å². The number of thiazole rings is 1. The van der Waals surface area contributed by atoms with E-state index in [1.807, 2.05) is 36.4 Å². The van der Waals surface area contributed by atoms with Crippen molar-refractivity contribution in [3.05, 3.63) is 88.7 Å². The third-order valence-corrected chi connectivity index (χ3v) is 5.59. The molecule has 0 fully saturated rings. The molecule has 0 bridgehead atoms. The summed E-state index contributed by atoms with van der Waals surface area (Å²) in [5.41, 5.74) is 1.68. The third-order valence-electron chi connectivity index (χ3n) is 4.65. The molecule has 0 saturated carbocycles. The number of aromatic nitrogens is 3. The molecule has 3 aromatic carbocycles. The number of nitro benzene ring substituents is 1. The van der Waals surface area contributed by atoms with Gasteiger partial charge in [0.05, 0.1) is 20.8 Å². The number of non-ortho nitro benzene ring substituents is 1. The third kappa shape index (κ3) is 3.16. The van der Waals surface area contributed by atoms with Gasteiger partial charge in [0, 0.05) is 23.7 Å². The van der Waals surface area contributed by atoms with Gasteiger partial charge in [-0.1, -0.05) is 41.7 Å². The maximum absolute atomic E-state index is 12.6. The summed E-state index contributed by atoms with van der Waals surface area (Å²) >= 11 is 1.40. The van der Waals surface area contributed by atoms with Gasteiger partial charge in [0.15, 0.2) is 10.8 Å². The highest BCUT2D eigenvalue weighted by molar-refractivity contribution is 7.22. The van der Waals surface area contributed by atoms with Crippen molar-refractivity contribution in [1.29, 1.82) is 0 Å². The van der Waals surface area contributed by atoms with Crippen LogP contribution in [-0.4, -0.2) is 25.6 Å². The molecule has 30 heavy (non-hydrogen) atoms. The smallest absolute Gasteiger partial charge is 0.277 e. The molecule has 5 aromatic rings. The number of hydrogen-bond acceptors (Lipinski definition) is 6. The number of hydrogen-bond donors (Lipinski definition) is 1. The van der Waals surface area contributed by atoms with E-state index in [0.29, 0.717) is 10.8 Å². The van der Waals surface area contributed by atoms with E-state index in [9.17, 15) is 14.9 Å². The number of carbonyl (C=O) groups excluding carboxylic acids is 1. The van der Waals surface area contributed by atoms with Crippen molar-refractivity contribution >= 4 is 49.1 Å². The molecule has 0 spiro atoms. The zero-order valence-electron chi connectivity index (χ0n) is 15.4. The number of amides is 1. The first-order valence-corrected chi connectivity index (χ1v) is 9.80. The second-order valence-electron chi connectivity index (χ2n) is 6.53. The van der Waals surface area contributed by atoms with E-state index >= 15 is 0 Å². The lowest BCUT2D eigenvalue weighted by atomic mass is 10.1. The Hall–Kier alpha value is -4.11. The fraction of sp³-hybridized carbons (Fsp3) is 0. The van der Waals surface area contributed by atoms with Gasteiger partial charge in [-0.15, -0.1) is 0 Å². The van der Waals surface area contributed by atoms with E-state index in [0.717, 1.165) is 21.0 Å². The Balaban J connectivity index is 1.39. The van der Waals surface area contributed by atoms with E-state index in [-0.39, 0.29) is 17.3 Å². The summed E-state index contributed by atoms with van der Waals surface area (Å²) in [7, 11) is 0. The van der Waals surface area contributed by atoms with Crippen molar-refractivity contribution in [3.8, 4) is 5.69 Å². The molecule has 0 aliphatic heterocycles. The highest BCUT2D eigenvalue weighted by Gasteiger charge is 2.14. The lowest BCUT2D eigenvalue weighted by Gasteiger charge is -2.01. The van der Waals surface area contributed by atoms with Gasteiger partial charge in [-0.2, -0.15) is 5.10 Å². The second kappa shape index (κ2) is 7.05. The van der Waals surface area contributed by atoms with Crippen LogP contribution in [0.4, 0.5) is 10.8 Å². The first kappa shape index (κ1) is 18.0. The summed E-state index contributed by atoms with van der Waals surface area (Å²) in [6.07, 6.45) is 1.63. The van der Waals surface area contributed by atoms with Crippen LogP contribution in [0.5, 0.6) is 0 Å². The first-order chi connectivity index (χ1) is 14.6. The second-order valence-corrected chi connectivity index (χ2v) is 7.56. The largest absolute Gasteiger partial charge is 0.296 e. The molecule has 0 atom stereocenters. The summed E-state index contributed by atoms with van der Waals surface area (Å²) in [6, 6.07) is 19.5. The van der Waals surface area contributed by atoms with Crippen molar-refractivity contribution < 1.29 is 9.72 Å². The van der Waals surface area contributed by atoms with Crippen molar-refractivity contribution in [1.82, 2.24) is 14.8 Å². The number of anilines is 1. The molecule has 0 radical (unpaired) electrons. The van der Waals surface area contributed by atoms with Gasteiger partial charge in [0.1, 0.15) is 0 Å². The van der Waals surface area contributed by atoms with Crippen LogP contribution in [0.2, 0.25) is 0 Å². The topological polar surface area (TPSA) is 103 Å². The first-order valence-electron chi connectivity index (χ1n) is 8.99. The minimum Gasteiger partial charge on any atom is -0.296 e. The Labute approximate surface area is 173 Å². The van der Waals surface area contributed by atoms with Gasteiger partial charge in [-0.25, -0.2) is 9.67 Å². The van der Waals surface area contributed by atoms with Gasteiger partial charge in [-0.3, -0.25) is 20.2 Å². The summed E-state index contributed by atoms with van der Waals surface area (Å²) in [5.74, 6) is -0.376. The van der Waals surface area contributed by atoms with Crippen LogP contribution in [-0.2, 0) is 0 Å². The van der Waals surface area contributed by atoms with Gasteiger partial charge in [-0.05, 0) is 29.7 Å². The zero-order valence-corrected chi connectivity index (χ0v) is 16.2. The van der Waals surface area contributed by atoms with Crippen LogP contribution in [0.1, 0.15) is 10.5 Å². The Bertz CT molecular complexity index is 1420. The number of carbonyl (C=O) groups is 1. The van der Waals surface area contributed by atoms with E-state index in [2.05, 4.69) is 15.4 Å². The average molecular weight is 415 g/mol. The van der Waals surface area contributed by atoms with Crippen LogP contribution >= 0.6 is 11.3 Å². The summed E-state index contributed by atoms with van der Waals surface area (Å²) in [5, 5.41) is 20.5. The number of fused-ring (bicyclic) bond motifs is 3. The van der Waals surface area contributed by atoms with Crippen molar-refractivity contribution in [3.63, 3.8) is 0 Å². The van der Waals surface area contributed by atoms with Crippen LogP contribution < -0.4 is 5.32 Å². The predicted molar refractivity (Wildman–Crippen MR) is 115 cm³/mol. The molecule has 9 heteroatoms. The Morgan fingerprint density at radius 2 is 1.83 bits per heavy atom. The predicted octanol–water partition coefficient (Wildman–Crippen LogP) is 4.80. The molecular weight excluding hydrogens is 402 g/mol. The number of benzene rings is 3. The molecule has 5 rings (SSSR count). The Morgan fingerprint density at radius 3 is 2.63 bits per heavy atom. The summed E-state index contributed by atoms with van der Waals surface area (Å²) < 4.78 is 2.48. The van der Waals surface area contributed by atoms with E-state index in [1.54, 1.807) is 24.4 Å². The van der Waals surface area contributed by atoms with Gasteiger partial charge in [0.2, 0.25) is 0 Å². The molecule has 146 valence electrons. The maximum atomic E-state index is 12.6.